The van der Waals surface area contributed by atoms with Crippen LogP contribution in [0.1, 0.15) is 6.23 Å². The smallest absolute Gasteiger partial charge is 0.263 e. The molecule has 3 aromatic rings. The molecule has 0 aliphatic carbocycles. The van der Waals surface area contributed by atoms with Crippen molar-refractivity contribution in [2.45, 2.75) is 24.5 Å². The van der Waals surface area contributed by atoms with E-state index in [0.29, 0.717) is 5.75 Å². The molecule has 0 spiro atoms. The molecule has 29 heavy (non-hydrogen) atoms. The molecule has 3 heterocycles. The number of nitrogens with zero attached hydrogens (tertiary/aromatic N) is 4. The fraction of sp³-hybridized carbons (Fsp3) is 0.333. The number of aliphatic hydroxyl groups excluding tert-OH is 3. The lowest BCUT2D eigenvalue weighted by Gasteiger charge is -2.16. The van der Waals surface area contributed by atoms with E-state index in [1.165, 1.54) is 17.2 Å². The van der Waals surface area contributed by atoms with Crippen LogP contribution in [0.5, 0.6) is 5.75 Å². The number of carbonyl (C=O) groups is 1. The second-order valence-electron chi connectivity index (χ2n) is 6.43. The highest BCUT2D eigenvalue weighted by Crippen LogP contribution is 2.32. The van der Waals surface area contributed by atoms with Crippen LogP contribution in [-0.4, -0.2) is 72.3 Å². The average Bonchev–Trinajstić information content (AvgIpc) is 3.29. The lowest BCUT2D eigenvalue weighted by atomic mass is 10.1. The van der Waals surface area contributed by atoms with E-state index in [4.69, 9.17) is 9.47 Å². The number of para-hydroxylation sites is 1. The molecular formula is C18H19N5O6. The molecule has 1 aliphatic heterocycles. The molecular weight excluding hydrogens is 382 g/mol. The number of rotatable bonds is 6. The Morgan fingerprint density at radius 2 is 1.97 bits per heavy atom. The highest BCUT2D eigenvalue weighted by molar-refractivity contribution is 5.97. The van der Waals surface area contributed by atoms with Crippen molar-refractivity contribution < 1.29 is 29.6 Å². The minimum atomic E-state index is -1.28. The van der Waals surface area contributed by atoms with Crippen molar-refractivity contribution in [1.82, 2.24) is 19.5 Å². The molecule has 0 bridgehead atoms. The Balaban J connectivity index is 1.51. The molecule has 2 aromatic heterocycles. The molecule has 4 rings (SSSR count). The Morgan fingerprint density at radius 1 is 1.17 bits per heavy atom. The van der Waals surface area contributed by atoms with E-state index in [0.717, 1.165) is 0 Å². The van der Waals surface area contributed by atoms with Gasteiger partial charge in [0.1, 0.15) is 30.4 Å². The van der Waals surface area contributed by atoms with Crippen LogP contribution in [0.2, 0.25) is 0 Å². The van der Waals surface area contributed by atoms with E-state index in [1.807, 2.05) is 6.07 Å². The van der Waals surface area contributed by atoms with Gasteiger partial charge in [0.25, 0.3) is 5.91 Å². The van der Waals surface area contributed by atoms with Crippen molar-refractivity contribution in [3.8, 4) is 5.75 Å². The largest absolute Gasteiger partial charge is 0.484 e. The Bertz CT molecular complexity index is 997. The van der Waals surface area contributed by atoms with Crippen molar-refractivity contribution in [2.24, 2.45) is 0 Å². The summed E-state index contributed by atoms with van der Waals surface area (Å²) in [7, 11) is 0. The molecule has 152 valence electrons. The molecule has 11 nitrogen and oxygen atoms in total. The van der Waals surface area contributed by atoms with Crippen molar-refractivity contribution in [2.75, 3.05) is 18.5 Å². The van der Waals surface area contributed by atoms with Crippen LogP contribution in [0, 0.1) is 0 Å². The summed E-state index contributed by atoms with van der Waals surface area (Å²) in [5.74, 6) is 0.294. The summed E-state index contributed by atoms with van der Waals surface area (Å²) in [4.78, 5) is 24.6. The topological polar surface area (TPSA) is 152 Å². The zero-order valence-corrected chi connectivity index (χ0v) is 15.1. The molecule has 4 N–H and O–H groups in total. The molecule has 1 fully saturated rings. The van der Waals surface area contributed by atoms with Crippen LogP contribution in [0.4, 0.5) is 5.82 Å². The summed E-state index contributed by atoms with van der Waals surface area (Å²) >= 11 is 0. The van der Waals surface area contributed by atoms with Gasteiger partial charge in [0.05, 0.1) is 12.9 Å². The monoisotopic (exact) mass is 401 g/mol. The predicted octanol–water partition coefficient (Wildman–Crippen LogP) is -0.545. The van der Waals surface area contributed by atoms with Crippen LogP contribution in [0.15, 0.2) is 43.0 Å². The molecule has 11 heteroatoms. The molecule has 1 aromatic carbocycles. The van der Waals surface area contributed by atoms with E-state index in [-0.39, 0.29) is 23.6 Å². The van der Waals surface area contributed by atoms with Gasteiger partial charge in [-0.1, -0.05) is 18.2 Å². The molecule has 1 saturated heterocycles. The second-order valence-corrected chi connectivity index (χ2v) is 6.43. The van der Waals surface area contributed by atoms with Crippen LogP contribution in [-0.2, 0) is 9.53 Å². The minimum Gasteiger partial charge on any atom is -0.484 e. The van der Waals surface area contributed by atoms with Crippen LogP contribution < -0.4 is 10.1 Å². The first-order chi connectivity index (χ1) is 14.1. The lowest BCUT2D eigenvalue weighted by Crippen LogP contribution is -2.33. The second kappa shape index (κ2) is 8.09. The quantitative estimate of drug-likeness (QED) is 0.426. The van der Waals surface area contributed by atoms with Crippen LogP contribution in [0.3, 0.4) is 0 Å². The lowest BCUT2D eigenvalue weighted by molar-refractivity contribution is -0.118. The maximum absolute atomic E-state index is 12.2. The van der Waals surface area contributed by atoms with Gasteiger partial charge < -0.3 is 30.1 Å². The number of ether oxygens (including phenoxy) is 2. The van der Waals surface area contributed by atoms with E-state index in [9.17, 15) is 20.1 Å². The highest BCUT2D eigenvalue weighted by Gasteiger charge is 2.44. The van der Waals surface area contributed by atoms with E-state index < -0.39 is 37.1 Å². The van der Waals surface area contributed by atoms with Gasteiger partial charge in [0, 0.05) is 0 Å². The average molecular weight is 401 g/mol. The maximum Gasteiger partial charge on any atom is 0.263 e. The number of aliphatic hydroxyl groups is 3. The van der Waals surface area contributed by atoms with Gasteiger partial charge in [-0.3, -0.25) is 9.36 Å². The summed E-state index contributed by atoms with van der Waals surface area (Å²) in [6.07, 6.45) is -1.86. The molecule has 0 saturated carbocycles. The van der Waals surface area contributed by atoms with Gasteiger partial charge in [-0.2, -0.15) is 0 Å². The van der Waals surface area contributed by atoms with Crippen molar-refractivity contribution in [3.05, 3.63) is 43.0 Å². The van der Waals surface area contributed by atoms with Gasteiger partial charge >= 0.3 is 0 Å². The number of amides is 1. The number of carbonyl (C=O) groups excluding carboxylic acids is 1. The summed E-state index contributed by atoms with van der Waals surface area (Å²) in [6.45, 7) is -0.663. The molecule has 0 unspecified atom stereocenters. The Morgan fingerprint density at radius 3 is 2.69 bits per heavy atom. The number of fused-ring (bicyclic) bond motifs is 1. The summed E-state index contributed by atoms with van der Waals surface area (Å²) in [5, 5.41) is 32.0. The van der Waals surface area contributed by atoms with Gasteiger partial charge in [0.15, 0.2) is 29.8 Å². The van der Waals surface area contributed by atoms with Gasteiger partial charge in [-0.25, -0.2) is 15.0 Å². The third kappa shape index (κ3) is 3.76. The molecule has 4 atom stereocenters. The highest BCUT2D eigenvalue weighted by atomic mass is 16.6. The number of nitrogens with one attached hydrogen (secondary N) is 1. The Hall–Kier alpha value is -3.12. The maximum atomic E-state index is 12.2. The SMILES string of the molecule is O=C(COc1ccccc1)Nc1ncnc2c1ncn2[C@@H]1O[C@H](CO)[C@@H](O)[C@@H]1O. The van der Waals surface area contributed by atoms with Crippen molar-refractivity contribution in [1.29, 1.82) is 0 Å². The van der Waals surface area contributed by atoms with Crippen LogP contribution in [0.25, 0.3) is 11.2 Å². The van der Waals surface area contributed by atoms with E-state index >= 15 is 0 Å². The van der Waals surface area contributed by atoms with Crippen molar-refractivity contribution in [3.63, 3.8) is 0 Å². The zero-order valence-electron chi connectivity index (χ0n) is 15.1. The zero-order chi connectivity index (χ0) is 20.4. The molecule has 1 aliphatic rings. The number of hydrogen-bond donors (Lipinski definition) is 4. The van der Waals surface area contributed by atoms with Gasteiger partial charge in [-0.05, 0) is 12.1 Å². The number of aromatic nitrogens is 4. The standard InChI is InChI=1S/C18H19N5O6/c24-6-11-14(26)15(27)18(29-11)23-9-21-13-16(19-8-20-17(13)23)22-12(25)7-28-10-4-2-1-3-5-10/h1-5,8-9,11,14-15,18,24,26-27H,6-7H2,(H,19,20,22,25)/t11-,14-,15+,18-/m1/s1. The number of hydrogen-bond acceptors (Lipinski definition) is 9. The molecule has 0 radical (unpaired) electrons. The van der Waals surface area contributed by atoms with E-state index in [2.05, 4.69) is 20.3 Å². The minimum absolute atomic E-state index is 0.169. The predicted molar refractivity (Wildman–Crippen MR) is 98.9 cm³/mol. The summed E-state index contributed by atoms with van der Waals surface area (Å²) in [5.41, 5.74) is 0.562. The van der Waals surface area contributed by atoms with Gasteiger partial charge in [-0.15, -0.1) is 0 Å². The fourth-order valence-corrected chi connectivity index (χ4v) is 3.07. The normalized spacial score (nSPS) is 24.0. The number of imidazole rings is 1. The number of anilines is 1. The third-order valence-electron chi connectivity index (χ3n) is 4.52. The first-order valence-electron chi connectivity index (χ1n) is 8.86. The first-order valence-corrected chi connectivity index (χ1v) is 8.86. The van der Waals surface area contributed by atoms with Gasteiger partial charge in [0.2, 0.25) is 0 Å². The Labute approximate surface area is 164 Å². The van der Waals surface area contributed by atoms with Crippen molar-refractivity contribution >= 4 is 22.9 Å². The summed E-state index contributed by atoms with van der Waals surface area (Å²) < 4.78 is 12.3. The summed E-state index contributed by atoms with van der Waals surface area (Å²) in [6, 6.07) is 8.91. The first kappa shape index (κ1) is 19.2. The number of benzene rings is 1. The molecule has 1 amide bonds. The fourth-order valence-electron chi connectivity index (χ4n) is 3.07. The van der Waals surface area contributed by atoms with E-state index in [1.54, 1.807) is 24.3 Å². The Kier molecular flexibility index (Phi) is 5.36. The third-order valence-corrected chi connectivity index (χ3v) is 4.52. The van der Waals surface area contributed by atoms with Crippen LogP contribution >= 0.6 is 0 Å².